The number of amides is 1. The van der Waals surface area contributed by atoms with Crippen molar-refractivity contribution in [2.75, 3.05) is 6.54 Å². The van der Waals surface area contributed by atoms with Crippen LogP contribution in [0.25, 0.3) is 0 Å². The molecule has 1 aromatic carbocycles. The molecular formula is C36H50N2O4. The van der Waals surface area contributed by atoms with Crippen molar-refractivity contribution in [3.05, 3.63) is 47.0 Å². The highest BCUT2D eigenvalue weighted by atomic mass is 16.6. The number of rotatable bonds is 2. The van der Waals surface area contributed by atoms with Crippen LogP contribution in [0, 0.1) is 40.9 Å². The van der Waals surface area contributed by atoms with Gasteiger partial charge in [-0.1, -0.05) is 67.4 Å². The fourth-order valence-corrected chi connectivity index (χ4v) is 11.0. The first kappa shape index (κ1) is 28.4. The molecular weight excluding hydrogens is 524 g/mol. The van der Waals surface area contributed by atoms with Crippen LogP contribution < -0.4 is 0 Å². The molecule has 1 amide bonds. The number of hydrogen-bond acceptors (Lipinski definition) is 5. The van der Waals surface area contributed by atoms with Crippen LogP contribution in [0.5, 0.6) is 0 Å². The normalized spacial score (nSPS) is 43.9. The highest BCUT2D eigenvalue weighted by molar-refractivity contribution is 5.85. The minimum atomic E-state index is -0.202. The van der Waals surface area contributed by atoms with Gasteiger partial charge in [-0.05, 0) is 112 Å². The van der Waals surface area contributed by atoms with Gasteiger partial charge in [0.25, 0.3) is 0 Å². The second-order valence-electron chi connectivity index (χ2n) is 15.3. The van der Waals surface area contributed by atoms with Crippen LogP contribution in [0.4, 0.5) is 4.79 Å². The lowest BCUT2D eigenvalue weighted by Crippen LogP contribution is -2.54. The molecule has 1 aromatic rings. The number of carbonyl (C=O) groups excluding carboxylic acids is 1. The van der Waals surface area contributed by atoms with E-state index >= 15 is 0 Å². The fraction of sp³-hybridized carbons (Fsp3) is 0.722. The Morgan fingerprint density at radius 2 is 1.95 bits per heavy atom. The molecule has 3 saturated carbocycles. The van der Waals surface area contributed by atoms with E-state index in [4.69, 9.17) is 9.47 Å². The summed E-state index contributed by atoms with van der Waals surface area (Å²) in [6, 6.07) is 10.1. The predicted molar refractivity (Wildman–Crippen MR) is 163 cm³/mol. The first-order valence-electron chi connectivity index (χ1n) is 16.8. The van der Waals surface area contributed by atoms with Crippen molar-refractivity contribution in [3.63, 3.8) is 0 Å². The van der Waals surface area contributed by atoms with E-state index in [1.807, 2.05) is 35.2 Å². The van der Waals surface area contributed by atoms with Crippen molar-refractivity contribution < 1.29 is 19.5 Å². The van der Waals surface area contributed by atoms with E-state index in [1.54, 1.807) is 11.1 Å². The zero-order valence-electron chi connectivity index (χ0n) is 26.1. The summed E-state index contributed by atoms with van der Waals surface area (Å²) >= 11 is 0. The van der Waals surface area contributed by atoms with Crippen molar-refractivity contribution >= 4 is 11.8 Å². The van der Waals surface area contributed by atoms with Crippen LogP contribution in [0.15, 0.2) is 46.6 Å². The number of carbonyl (C=O) groups is 1. The highest BCUT2D eigenvalue weighted by Gasteiger charge is 2.60. The standard InChI is InChI=1S/C36H50N2O4/c1-22-16-32-33(38(20-22)34(39)41-21-25-8-6-5-7-9-25)24(3)36(42-32)15-13-28-29-11-10-26-17-27(37-40)12-14-35(26,4)31(29)18-30(28)23(2)19-36/h5-9,22,24,26,28-29,31-33,40H,10-21H2,1-4H3/b37-27+/t22-,24+,26+,28-,29-,31-,32+,33-,35-,36?/m0/s1. The zero-order chi connectivity index (χ0) is 29.2. The third-order valence-electron chi connectivity index (χ3n) is 13.2. The number of allylic oxidation sites excluding steroid dienone is 1. The third-order valence-corrected chi connectivity index (χ3v) is 13.2. The van der Waals surface area contributed by atoms with Gasteiger partial charge in [0.05, 0.1) is 23.5 Å². The molecule has 2 heterocycles. The van der Waals surface area contributed by atoms with Crippen molar-refractivity contribution in [2.45, 2.75) is 116 Å². The Morgan fingerprint density at radius 3 is 2.74 bits per heavy atom. The highest BCUT2D eigenvalue weighted by Crippen LogP contribution is 2.65. The number of fused-ring (bicyclic) bond motifs is 6. The van der Waals surface area contributed by atoms with Crippen LogP contribution in [0.2, 0.25) is 0 Å². The molecule has 0 bridgehead atoms. The number of benzene rings is 1. The van der Waals surface area contributed by atoms with E-state index in [0.717, 1.165) is 61.8 Å². The molecule has 228 valence electrons. The van der Waals surface area contributed by atoms with Gasteiger partial charge in [-0.25, -0.2) is 4.79 Å². The number of oxime groups is 1. The molecule has 6 nitrogen and oxygen atoms in total. The van der Waals surface area contributed by atoms with E-state index in [9.17, 15) is 10.0 Å². The first-order valence-corrected chi connectivity index (χ1v) is 16.8. The van der Waals surface area contributed by atoms with Gasteiger partial charge < -0.3 is 19.6 Å². The van der Waals surface area contributed by atoms with Crippen LogP contribution in [-0.2, 0) is 16.1 Å². The topological polar surface area (TPSA) is 71.4 Å². The van der Waals surface area contributed by atoms with Crippen molar-refractivity contribution in [1.29, 1.82) is 0 Å². The van der Waals surface area contributed by atoms with E-state index < -0.39 is 0 Å². The van der Waals surface area contributed by atoms with Crippen molar-refractivity contribution in [2.24, 2.45) is 46.1 Å². The molecule has 2 aliphatic heterocycles. The van der Waals surface area contributed by atoms with Gasteiger partial charge in [-0.3, -0.25) is 0 Å². The Labute approximate surface area is 251 Å². The number of ether oxygens (including phenoxy) is 2. The van der Waals surface area contributed by atoms with E-state index in [-0.39, 0.29) is 29.8 Å². The van der Waals surface area contributed by atoms with Crippen LogP contribution in [0.1, 0.15) is 97.5 Å². The molecule has 6 aliphatic rings. The van der Waals surface area contributed by atoms with E-state index in [0.29, 0.717) is 29.8 Å². The van der Waals surface area contributed by atoms with Gasteiger partial charge in [0.2, 0.25) is 0 Å². The second-order valence-corrected chi connectivity index (χ2v) is 15.3. The van der Waals surface area contributed by atoms with Crippen LogP contribution >= 0.6 is 0 Å². The lowest BCUT2D eigenvalue weighted by atomic mass is 9.52. The van der Waals surface area contributed by atoms with Crippen LogP contribution in [0.3, 0.4) is 0 Å². The van der Waals surface area contributed by atoms with Crippen molar-refractivity contribution in [1.82, 2.24) is 4.90 Å². The Bertz CT molecular complexity index is 1260. The summed E-state index contributed by atoms with van der Waals surface area (Å²) in [4.78, 5) is 15.6. The number of nitrogens with zero attached hydrogens (tertiary/aromatic N) is 2. The molecule has 5 fully saturated rings. The summed E-state index contributed by atoms with van der Waals surface area (Å²) in [6.45, 7) is 10.6. The maximum absolute atomic E-state index is 13.5. The first-order chi connectivity index (χ1) is 20.2. The molecule has 1 N–H and O–H groups in total. The van der Waals surface area contributed by atoms with Crippen molar-refractivity contribution in [3.8, 4) is 0 Å². The average molecular weight is 575 g/mol. The predicted octanol–water partition coefficient (Wildman–Crippen LogP) is 7.99. The lowest BCUT2D eigenvalue weighted by molar-refractivity contribution is -0.0794. The minimum absolute atomic E-state index is 0.0759. The molecule has 4 aliphatic carbocycles. The second kappa shape index (κ2) is 10.7. The molecule has 6 heteroatoms. The van der Waals surface area contributed by atoms with Gasteiger partial charge in [0.15, 0.2) is 0 Å². The third kappa shape index (κ3) is 4.53. The Balaban J connectivity index is 1.10. The Hall–Kier alpha value is -2.34. The number of hydrogen-bond donors (Lipinski definition) is 1. The molecule has 0 aromatic heterocycles. The Morgan fingerprint density at radius 1 is 1.14 bits per heavy atom. The van der Waals surface area contributed by atoms with Gasteiger partial charge in [-0.15, -0.1) is 0 Å². The molecule has 1 spiro atoms. The molecule has 0 radical (unpaired) electrons. The molecule has 1 unspecified atom stereocenters. The van der Waals surface area contributed by atoms with Crippen LogP contribution in [-0.4, -0.2) is 46.2 Å². The summed E-state index contributed by atoms with van der Waals surface area (Å²) < 4.78 is 13.1. The molecule has 10 atom stereocenters. The zero-order valence-corrected chi connectivity index (χ0v) is 26.1. The summed E-state index contributed by atoms with van der Waals surface area (Å²) in [6.07, 6.45) is 11.1. The quantitative estimate of drug-likeness (QED) is 0.221. The maximum Gasteiger partial charge on any atom is 0.410 e. The van der Waals surface area contributed by atoms with Gasteiger partial charge in [-0.2, -0.15) is 0 Å². The minimum Gasteiger partial charge on any atom is -0.445 e. The molecule has 2 saturated heterocycles. The molecule has 42 heavy (non-hydrogen) atoms. The number of piperidine rings is 1. The summed E-state index contributed by atoms with van der Waals surface area (Å²) in [7, 11) is 0. The SMILES string of the molecule is CC1=C2C[C@H]3[C@@H](CC[C@@H]4C/C(=N/O)CC[C@@]43C)[C@@H]2CCC2(C1)O[C@@H]1C[C@H](C)CN(C(=O)OCc3ccccc3)[C@H]1[C@H]2C. The lowest BCUT2D eigenvalue weighted by Gasteiger charge is -2.52. The fourth-order valence-electron chi connectivity index (χ4n) is 11.0. The maximum atomic E-state index is 13.5. The smallest absolute Gasteiger partial charge is 0.410 e. The largest absolute Gasteiger partial charge is 0.445 e. The van der Waals surface area contributed by atoms with E-state index in [1.165, 1.54) is 32.1 Å². The van der Waals surface area contributed by atoms with Gasteiger partial charge >= 0.3 is 6.09 Å². The average Bonchev–Trinajstić information content (AvgIpc) is 3.45. The monoisotopic (exact) mass is 574 g/mol. The molecule has 7 rings (SSSR count). The summed E-state index contributed by atoms with van der Waals surface area (Å²) in [5, 5.41) is 13.1. The van der Waals surface area contributed by atoms with E-state index in [2.05, 4.69) is 32.9 Å². The number of likely N-dealkylation sites (tertiary alicyclic amines) is 1. The summed E-state index contributed by atoms with van der Waals surface area (Å²) in [5.74, 6) is 3.51. The van der Waals surface area contributed by atoms with Gasteiger partial charge in [0.1, 0.15) is 6.61 Å². The summed E-state index contributed by atoms with van der Waals surface area (Å²) in [5.41, 5.74) is 5.50. The van der Waals surface area contributed by atoms with Gasteiger partial charge in [0, 0.05) is 12.5 Å². The Kier molecular flexibility index (Phi) is 7.23.